The first-order chi connectivity index (χ1) is 11.9. The highest BCUT2D eigenvalue weighted by Crippen LogP contribution is 2.27. The molecule has 0 amide bonds. The zero-order chi connectivity index (χ0) is 18.4. The topological polar surface area (TPSA) is 79.9 Å². The van der Waals surface area contributed by atoms with Crippen LogP contribution in [-0.4, -0.2) is 17.7 Å². The minimum Gasteiger partial charge on any atom is -0.504 e. The fourth-order valence-corrected chi connectivity index (χ4v) is 2.87. The van der Waals surface area contributed by atoms with E-state index in [9.17, 15) is 5.11 Å². The first-order valence-corrected chi connectivity index (χ1v) is 8.62. The molecule has 134 valence electrons. The Balaban J connectivity index is 2.03. The van der Waals surface area contributed by atoms with Crippen LogP contribution in [0, 0.1) is 0 Å². The number of nitrogens with zero attached hydrogens (tertiary/aromatic N) is 1. The van der Waals surface area contributed by atoms with Gasteiger partial charge >= 0.3 is 0 Å². The highest BCUT2D eigenvalue weighted by atomic mass is 35.5. The van der Waals surface area contributed by atoms with Crippen LogP contribution in [0.1, 0.15) is 31.0 Å². The monoisotopic (exact) mass is 381 g/mol. The quantitative estimate of drug-likeness (QED) is 0.515. The first-order valence-electron chi connectivity index (χ1n) is 7.86. The number of rotatable bonds is 6. The summed E-state index contributed by atoms with van der Waals surface area (Å²) >= 11 is 12.1. The summed E-state index contributed by atoms with van der Waals surface area (Å²) in [6.07, 6.45) is 0. The molecule has 0 aromatic heterocycles. The number of hydrogen-bond acceptors (Lipinski definition) is 3. The third-order valence-electron chi connectivity index (χ3n) is 3.55. The number of benzene rings is 2. The summed E-state index contributed by atoms with van der Waals surface area (Å²) < 4.78 is 5.36. The van der Waals surface area contributed by atoms with Gasteiger partial charge in [-0.25, -0.2) is 4.99 Å². The van der Waals surface area contributed by atoms with Crippen molar-refractivity contribution in [2.24, 2.45) is 10.7 Å². The predicted octanol–water partition coefficient (Wildman–Crippen LogP) is 4.26. The summed E-state index contributed by atoms with van der Waals surface area (Å²) in [4.78, 5) is 4.31. The molecule has 7 heteroatoms. The molecule has 0 aliphatic heterocycles. The average Bonchev–Trinajstić information content (AvgIpc) is 2.55. The lowest BCUT2D eigenvalue weighted by molar-refractivity contribution is 0.318. The second-order valence-electron chi connectivity index (χ2n) is 5.47. The lowest BCUT2D eigenvalue weighted by Gasteiger charge is -2.16. The number of phenolic OH excluding ortho intramolecular Hbond substituents is 1. The first kappa shape index (κ1) is 19.2. The van der Waals surface area contributed by atoms with Gasteiger partial charge in [0, 0.05) is 10.0 Å². The molecule has 2 aromatic carbocycles. The molecule has 0 spiro atoms. The minimum absolute atomic E-state index is 0.103. The molecule has 4 N–H and O–H groups in total. The van der Waals surface area contributed by atoms with Crippen LogP contribution in [0.15, 0.2) is 41.4 Å². The fourth-order valence-electron chi connectivity index (χ4n) is 2.30. The third-order valence-corrected chi connectivity index (χ3v) is 4.11. The van der Waals surface area contributed by atoms with Crippen LogP contribution in [0.4, 0.5) is 0 Å². The smallest absolute Gasteiger partial charge is 0.189 e. The van der Waals surface area contributed by atoms with Crippen molar-refractivity contribution < 1.29 is 9.84 Å². The minimum atomic E-state index is -0.118. The van der Waals surface area contributed by atoms with Crippen LogP contribution < -0.4 is 15.8 Å². The van der Waals surface area contributed by atoms with Crippen molar-refractivity contribution in [3.63, 3.8) is 0 Å². The summed E-state index contributed by atoms with van der Waals surface area (Å²) in [5, 5.41) is 14.0. The van der Waals surface area contributed by atoms with Crippen LogP contribution in [0.2, 0.25) is 10.0 Å². The maximum Gasteiger partial charge on any atom is 0.189 e. The number of nitrogens with two attached hydrogens (primary N) is 1. The molecule has 25 heavy (non-hydrogen) atoms. The number of halogens is 2. The van der Waals surface area contributed by atoms with E-state index in [1.54, 1.807) is 30.3 Å². The molecule has 2 rings (SSSR count). The highest BCUT2D eigenvalue weighted by molar-refractivity contribution is 6.35. The molecule has 0 aliphatic carbocycles. The third kappa shape index (κ3) is 5.44. The maximum absolute atomic E-state index is 9.71. The summed E-state index contributed by atoms with van der Waals surface area (Å²) in [5.41, 5.74) is 7.72. The molecule has 0 saturated heterocycles. The van der Waals surface area contributed by atoms with Gasteiger partial charge in [0.15, 0.2) is 17.5 Å². The van der Waals surface area contributed by atoms with Gasteiger partial charge < -0.3 is 20.9 Å². The van der Waals surface area contributed by atoms with Gasteiger partial charge in [-0.3, -0.25) is 0 Å². The largest absolute Gasteiger partial charge is 0.504 e. The van der Waals surface area contributed by atoms with Crippen LogP contribution in [0.3, 0.4) is 0 Å². The normalized spacial score (nSPS) is 12.7. The van der Waals surface area contributed by atoms with Gasteiger partial charge in [-0.05, 0) is 49.2 Å². The Morgan fingerprint density at radius 3 is 2.72 bits per heavy atom. The lowest BCUT2D eigenvalue weighted by Crippen LogP contribution is -2.34. The zero-order valence-corrected chi connectivity index (χ0v) is 15.6. The molecule has 2 aromatic rings. The van der Waals surface area contributed by atoms with Crippen molar-refractivity contribution in [1.82, 2.24) is 5.32 Å². The number of aromatic hydroxyl groups is 1. The van der Waals surface area contributed by atoms with Crippen molar-refractivity contribution in [2.45, 2.75) is 26.4 Å². The number of phenols is 1. The second kappa shape index (κ2) is 8.83. The molecule has 0 bridgehead atoms. The van der Waals surface area contributed by atoms with Gasteiger partial charge in [0.25, 0.3) is 0 Å². The molecular formula is C18H21Cl2N3O2. The van der Waals surface area contributed by atoms with Crippen molar-refractivity contribution in [2.75, 3.05) is 6.61 Å². The van der Waals surface area contributed by atoms with E-state index >= 15 is 0 Å². The van der Waals surface area contributed by atoms with E-state index in [4.69, 9.17) is 33.7 Å². The standard InChI is InChI=1S/C18H21Cl2N3O2/c1-3-25-17-8-12(4-7-16(17)24)10-22-18(21)23-11(2)14-6-5-13(19)9-15(14)20/h4-9,11,24H,3,10H2,1-2H3,(H3,21,22,23). The maximum atomic E-state index is 9.71. The average molecular weight is 382 g/mol. The van der Waals surface area contributed by atoms with E-state index in [-0.39, 0.29) is 11.8 Å². The Morgan fingerprint density at radius 2 is 2.04 bits per heavy atom. The molecule has 1 unspecified atom stereocenters. The summed E-state index contributed by atoms with van der Waals surface area (Å²) in [6, 6.07) is 10.3. The van der Waals surface area contributed by atoms with E-state index in [2.05, 4.69) is 10.3 Å². The summed E-state index contributed by atoms with van der Waals surface area (Å²) in [6.45, 7) is 4.63. The van der Waals surface area contributed by atoms with Crippen molar-refractivity contribution in [1.29, 1.82) is 0 Å². The van der Waals surface area contributed by atoms with Crippen LogP contribution in [-0.2, 0) is 6.54 Å². The number of guanidine groups is 1. The Bertz CT molecular complexity index is 766. The van der Waals surface area contributed by atoms with E-state index in [1.165, 1.54) is 0 Å². The van der Waals surface area contributed by atoms with E-state index < -0.39 is 0 Å². The molecule has 0 heterocycles. The summed E-state index contributed by atoms with van der Waals surface area (Å²) in [5.74, 6) is 0.833. The van der Waals surface area contributed by atoms with Crippen molar-refractivity contribution >= 4 is 29.2 Å². The van der Waals surface area contributed by atoms with Crippen LogP contribution >= 0.6 is 23.2 Å². The predicted molar refractivity (Wildman–Crippen MR) is 103 cm³/mol. The number of nitrogens with one attached hydrogen (secondary N) is 1. The molecule has 1 atom stereocenters. The molecule has 0 saturated carbocycles. The number of ether oxygens (including phenoxy) is 1. The molecule has 0 fully saturated rings. The molecule has 0 aliphatic rings. The van der Waals surface area contributed by atoms with E-state index in [0.717, 1.165) is 11.1 Å². The van der Waals surface area contributed by atoms with E-state index in [0.29, 0.717) is 34.9 Å². The molecule has 5 nitrogen and oxygen atoms in total. The summed E-state index contributed by atoms with van der Waals surface area (Å²) in [7, 11) is 0. The van der Waals surface area contributed by atoms with Gasteiger partial charge in [0.2, 0.25) is 0 Å². The molecular weight excluding hydrogens is 361 g/mol. The zero-order valence-electron chi connectivity index (χ0n) is 14.1. The Morgan fingerprint density at radius 1 is 1.28 bits per heavy atom. The highest BCUT2D eigenvalue weighted by Gasteiger charge is 2.11. The van der Waals surface area contributed by atoms with Gasteiger partial charge in [-0.15, -0.1) is 0 Å². The van der Waals surface area contributed by atoms with Crippen LogP contribution in [0.5, 0.6) is 11.5 Å². The Hall–Kier alpha value is -2.11. The second-order valence-corrected chi connectivity index (χ2v) is 6.31. The van der Waals surface area contributed by atoms with Gasteiger partial charge in [-0.1, -0.05) is 35.3 Å². The van der Waals surface area contributed by atoms with Gasteiger partial charge in [0.05, 0.1) is 19.2 Å². The Kier molecular flexibility index (Phi) is 6.79. The SMILES string of the molecule is CCOc1cc(CN=C(N)NC(C)c2ccc(Cl)cc2Cl)ccc1O. The molecule has 0 radical (unpaired) electrons. The number of aliphatic imine (C=N–C) groups is 1. The lowest BCUT2D eigenvalue weighted by atomic mass is 10.1. The van der Waals surface area contributed by atoms with Crippen molar-refractivity contribution in [3.8, 4) is 11.5 Å². The van der Waals surface area contributed by atoms with E-state index in [1.807, 2.05) is 19.9 Å². The van der Waals surface area contributed by atoms with Crippen LogP contribution in [0.25, 0.3) is 0 Å². The fraction of sp³-hybridized carbons (Fsp3) is 0.278. The Labute approximate surface area is 157 Å². The van der Waals surface area contributed by atoms with Gasteiger partial charge in [-0.2, -0.15) is 0 Å². The number of hydrogen-bond donors (Lipinski definition) is 3. The van der Waals surface area contributed by atoms with Gasteiger partial charge in [0.1, 0.15) is 0 Å². The van der Waals surface area contributed by atoms with Crippen molar-refractivity contribution in [3.05, 3.63) is 57.6 Å².